The second-order valence-corrected chi connectivity index (χ2v) is 5.69. The maximum atomic E-state index is 12.0. The van der Waals surface area contributed by atoms with Gasteiger partial charge in [-0.05, 0) is 19.1 Å². The molecule has 0 saturated carbocycles. The number of aryl methyl sites for hydroxylation is 1. The molecule has 3 aromatic rings. The summed E-state index contributed by atoms with van der Waals surface area (Å²) < 4.78 is 5.33. The summed E-state index contributed by atoms with van der Waals surface area (Å²) in [5.74, 6) is 0.140. The predicted molar refractivity (Wildman–Crippen MR) is 73.3 cm³/mol. The van der Waals surface area contributed by atoms with Crippen molar-refractivity contribution in [2.45, 2.75) is 19.8 Å². The average Bonchev–Trinajstić information content (AvgIpc) is 2.97. The van der Waals surface area contributed by atoms with E-state index in [9.17, 15) is 4.79 Å². The zero-order valence-corrected chi connectivity index (χ0v) is 11.2. The molecular formula is C14H12N2O2S. The molecule has 4 nitrogen and oxygen atoms in total. The normalized spacial score (nSPS) is 11.0. The third-order valence-electron chi connectivity index (χ3n) is 2.84. The molecule has 3 heterocycles. The summed E-state index contributed by atoms with van der Waals surface area (Å²) in [5.41, 5.74) is 1.47. The predicted octanol–water partition coefficient (Wildman–Crippen LogP) is 2.95. The summed E-state index contributed by atoms with van der Waals surface area (Å²) >= 11 is 1.56. The molecule has 0 fully saturated rings. The maximum absolute atomic E-state index is 12.0. The monoisotopic (exact) mass is 272 g/mol. The number of carbonyl (C=O) groups is 1. The van der Waals surface area contributed by atoms with Gasteiger partial charge in [-0.2, -0.15) is 0 Å². The lowest BCUT2D eigenvalue weighted by atomic mass is 10.1. The number of rotatable bonds is 4. The van der Waals surface area contributed by atoms with Crippen LogP contribution in [-0.2, 0) is 17.6 Å². The SMILES string of the molecule is Cc1cnc(CC(=O)Cc2coc3ncccc23)s1. The molecule has 0 aromatic carbocycles. The van der Waals surface area contributed by atoms with Crippen LogP contribution in [0.5, 0.6) is 0 Å². The number of nitrogens with zero attached hydrogens (tertiary/aromatic N) is 2. The third-order valence-corrected chi connectivity index (χ3v) is 3.75. The molecule has 0 radical (unpaired) electrons. The van der Waals surface area contributed by atoms with Crippen LogP contribution in [-0.4, -0.2) is 15.8 Å². The van der Waals surface area contributed by atoms with Crippen molar-refractivity contribution >= 4 is 28.2 Å². The number of carbonyl (C=O) groups excluding carboxylic acids is 1. The van der Waals surface area contributed by atoms with Gasteiger partial charge in [0.25, 0.3) is 0 Å². The standard InChI is InChI=1S/C14H12N2O2S/c1-9-7-16-13(19-9)6-11(17)5-10-8-18-14-12(10)3-2-4-15-14/h2-4,7-8H,5-6H2,1H3. The van der Waals surface area contributed by atoms with Crippen molar-refractivity contribution in [3.05, 3.63) is 46.2 Å². The van der Waals surface area contributed by atoms with Crippen LogP contribution in [0.3, 0.4) is 0 Å². The van der Waals surface area contributed by atoms with Gasteiger partial charge in [0.15, 0.2) is 0 Å². The summed E-state index contributed by atoms with van der Waals surface area (Å²) in [6.07, 6.45) is 5.83. The molecule has 0 saturated heterocycles. The lowest BCUT2D eigenvalue weighted by molar-refractivity contribution is -0.117. The minimum Gasteiger partial charge on any atom is -0.446 e. The van der Waals surface area contributed by atoms with E-state index in [1.54, 1.807) is 30.0 Å². The minimum absolute atomic E-state index is 0.140. The van der Waals surface area contributed by atoms with E-state index in [1.807, 2.05) is 19.1 Å². The van der Waals surface area contributed by atoms with Gasteiger partial charge in [0, 0.05) is 34.6 Å². The van der Waals surface area contributed by atoms with E-state index in [1.165, 1.54) is 0 Å². The molecule has 0 N–H and O–H groups in total. The fourth-order valence-corrected chi connectivity index (χ4v) is 2.80. The van der Waals surface area contributed by atoms with Crippen molar-refractivity contribution in [3.63, 3.8) is 0 Å². The summed E-state index contributed by atoms with van der Waals surface area (Å²) in [4.78, 5) is 21.5. The summed E-state index contributed by atoms with van der Waals surface area (Å²) in [5, 5.41) is 1.78. The Morgan fingerprint density at radius 1 is 1.37 bits per heavy atom. The Morgan fingerprint density at radius 3 is 3.05 bits per heavy atom. The van der Waals surface area contributed by atoms with Gasteiger partial charge in [-0.1, -0.05) is 0 Å². The molecule has 0 spiro atoms. The molecule has 0 unspecified atom stereocenters. The molecule has 0 aliphatic rings. The highest BCUT2D eigenvalue weighted by atomic mass is 32.1. The molecule has 0 amide bonds. The highest BCUT2D eigenvalue weighted by molar-refractivity contribution is 7.11. The van der Waals surface area contributed by atoms with E-state index < -0.39 is 0 Å². The minimum atomic E-state index is 0.140. The first-order chi connectivity index (χ1) is 9.22. The van der Waals surface area contributed by atoms with E-state index in [2.05, 4.69) is 9.97 Å². The van der Waals surface area contributed by atoms with Gasteiger partial charge in [0.2, 0.25) is 5.71 Å². The van der Waals surface area contributed by atoms with Gasteiger partial charge in [0.05, 0.1) is 12.7 Å². The average molecular weight is 272 g/mol. The summed E-state index contributed by atoms with van der Waals surface area (Å²) in [6, 6.07) is 3.76. The Balaban J connectivity index is 1.76. The van der Waals surface area contributed by atoms with Crippen LogP contribution in [0.25, 0.3) is 11.1 Å². The van der Waals surface area contributed by atoms with Crippen LogP contribution < -0.4 is 0 Å². The van der Waals surface area contributed by atoms with Crippen LogP contribution in [0.15, 0.2) is 35.2 Å². The van der Waals surface area contributed by atoms with E-state index >= 15 is 0 Å². The van der Waals surface area contributed by atoms with E-state index in [0.717, 1.165) is 20.8 Å². The van der Waals surface area contributed by atoms with Gasteiger partial charge < -0.3 is 4.42 Å². The van der Waals surface area contributed by atoms with Gasteiger partial charge in [0.1, 0.15) is 10.8 Å². The molecule has 0 aliphatic heterocycles. The van der Waals surface area contributed by atoms with Gasteiger partial charge in [-0.15, -0.1) is 11.3 Å². The number of aromatic nitrogens is 2. The molecular weight excluding hydrogens is 260 g/mol. The number of thiazole rings is 1. The Kier molecular flexibility index (Phi) is 3.13. The molecule has 5 heteroatoms. The quantitative estimate of drug-likeness (QED) is 0.732. The number of hydrogen-bond acceptors (Lipinski definition) is 5. The lowest BCUT2D eigenvalue weighted by Gasteiger charge is -1.96. The topological polar surface area (TPSA) is 56.0 Å². The van der Waals surface area contributed by atoms with Crippen LogP contribution in [0.2, 0.25) is 0 Å². The van der Waals surface area contributed by atoms with Crippen LogP contribution >= 0.6 is 11.3 Å². The third kappa shape index (κ3) is 2.56. The van der Waals surface area contributed by atoms with Crippen molar-refractivity contribution in [1.29, 1.82) is 0 Å². The Morgan fingerprint density at radius 2 is 2.26 bits per heavy atom. The van der Waals surface area contributed by atoms with Gasteiger partial charge in [-0.25, -0.2) is 9.97 Å². The molecule has 3 rings (SSSR count). The smallest absolute Gasteiger partial charge is 0.226 e. The van der Waals surface area contributed by atoms with Crippen molar-refractivity contribution < 1.29 is 9.21 Å². The van der Waals surface area contributed by atoms with Crippen molar-refractivity contribution in [1.82, 2.24) is 9.97 Å². The highest BCUT2D eigenvalue weighted by Gasteiger charge is 2.12. The van der Waals surface area contributed by atoms with Crippen LogP contribution in [0.1, 0.15) is 15.4 Å². The second kappa shape index (κ2) is 4.93. The number of ketones is 1. The first-order valence-corrected chi connectivity index (χ1v) is 6.78. The van der Waals surface area contributed by atoms with Crippen LogP contribution in [0, 0.1) is 6.92 Å². The van der Waals surface area contributed by atoms with Gasteiger partial charge in [-0.3, -0.25) is 4.79 Å². The zero-order chi connectivity index (χ0) is 13.2. The maximum Gasteiger partial charge on any atom is 0.226 e. The van der Waals surface area contributed by atoms with Crippen molar-refractivity contribution in [3.8, 4) is 0 Å². The van der Waals surface area contributed by atoms with Crippen molar-refractivity contribution in [2.75, 3.05) is 0 Å². The first-order valence-electron chi connectivity index (χ1n) is 5.96. The second-order valence-electron chi connectivity index (χ2n) is 4.37. The van der Waals surface area contributed by atoms with Crippen LogP contribution in [0.4, 0.5) is 0 Å². The Bertz CT molecular complexity index is 730. The molecule has 0 bridgehead atoms. The fraction of sp³-hybridized carbons (Fsp3) is 0.214. The fourth-order valence-electron chi connectivity index (χ4n) is 1.98. The lowest BCUT2D eigenvalue weighted by Crippen LogP contribution is -2.05. The first kappa shape index (κ1) is 12.0. The number of furan rings is 1. The molecule has 96 valence electrons. The number of hydrogen-bond donors (Lipinski definition) is 0. The largest absolute Gasteiger partial charge is 0.446 e. The summed E-state index contributed by atoms with van der Waals surface area (Å²) in [6.45, 7) is 1.99. The van der Waals surface area contributed by atoms with E-state index in [4.69, 9.17) is 4.42 Å². The van der Waals surface area contributed by atoms with Crippen molar-refractivity contribution in [2.24, 2.45) is 0 Å². The Hall–Kier alpha value is -2.01. The molecule has 19 heavy (non-hydrogen) atoms. The highest BCUT2D eigenvalue weighted by Crippen LogP contribution is 2.20. The Labute approximate surface area is 114 Å². The molecule has 0 aliphatic carbocycles. The van der Waals surface area contributed by atoms with Gasteiger partial charge >= 0.3 is 0 Å². The molecule has 3 aromatic heterocycles. The number of Topliss-reactive ketones (excluding diaryl/α,β-unsaturated/α-hetero) is 1. The summed E-state index contributed by atoms with van der Waals surface area (Å²) in [7, 11) is 0. The number of fused-ring (bicyclic) bond motifs is 1. The molecule has 0 atom stereocenters. The van der Waals surface area contributed by atoms with E-state index in [-0.39, 0.29) is 5.78 Å². The van der Waals surface area contributed by atoms with E-state index in [0.29, 0.717) is 18.6 Å². The zero-order valence-electron chi connectivity index (χ0n) is 10.4. The number of pyridine rings is 1.